The lowest BCUT2D eigenvalue weighted by atomic mass is 10.1. The van der Waals surface area contributed by atoms with Gasteiger partial charge in [0.25, 0.3) is 11.6 Å². The van der Waals surface area contributed by atoms with Crippen molar-refractivity contribution < 1.29 is 18.9 Å². The number of non-ortho nitro benzene ring substituents is 1. The van der Waals surface area contributed by atoms with Gasteiger partial charge in [0.05, 0.1) is 29.4 Å². The Labute approximate surface area is 195 Å². The first-order chi connectivity index (χ1) is 16.5. The highest BCUT2D eigenvalue weighted by atomic mass is 16.6. The lowest BCUT2D eigenvalue weighted by molar-refractivity contribution is -0.384. The summed E-state index contributed by atoms with van der Waals surface area (Å²) < 4.78 is 11.3. The van der Waals surface area contributed by atoms with Crippen LogP contribution in [0.1, 0.15) is 15.9 Å². The Hall–Kier alpha value is -4.24. The fraction of sp³-hybridized carbons (Fsp3) is 0.200. The van der Waals surface area contributed by atoms with Gasteiger partial charge in [-0.05, 0) is 43.3 Å². The number of morpholine rings is 1. The summed E-state index contributed by atoms with van der Waals surface area (Å²) in [6.07, 6.45) is 0. The number of aromatic nitrogens is 1. The summed E-state index contributed by atoms with van der Waals surface area (Å²) in [7, 11) is 0. The number of fused-ring (bicyclic) bond motifs is 1. The number of nitro groups is 1. The number of carbonyl (C=O) groups excluding carboxylic acids is 1. The molecule has 0 radical (unpaired) electrons. The molecule has 1 fully saturated rings. The van der Waals surface area contributed by atoms with Crippen molar-refractivity contribution in [3.8, 4) is 11.5 Å². The zero-order chi connectivity index (χ0) is 23.7. The molecule has 5 rings (SSSR count). The van der Waals surface area contributed by atoms with Gasteiger partial charge in [0, 0.05) is 36.5 Å². The van der Waals surface area contributed by atoms with Crippen molar-refractivity contribution >= 4 is 34.1 Å². The van der Waals surface area contributed by atoms with E-state index in [9.17, 15) is 14.9 Å². The fourth-order valence-electron chi connectivity index (χ4n) is 3.92. The van der Waals surface area contributed by atoms with E-state index in [2.05, 4.69) is 10.3 Å². The second-order valence-electron chi connectivity index (χ2n) is 8.08. The number of benzene rings is 3. The van der Waals surface area contributed by atoms with E-state index in [4.69, 9.17) is 9.15 Å². The Morgan fingerprint density at radius 3 is 2.56 bits per heavy atom. The SMILES string of the molecule is Cc1ccc(-c2nc3cc(NC(=O)c4cc([N+](=O)[O-])ccc4N4CCOCC4)ccc3o2)cc1. The largest absolute Gasteiger partial charge is 0.436 e. The van der Waals surface area contributed by atoms with Crippen LogP contribution in [0.3, 0.4) is 0 Å². The molecule has 1 aromatic heterocycles. The minimum absolute atomic E-state index is 0.142. The van der Waals surface area contributed by atoms with Gasteiger partial charge in [0.1, 0.15) is 5.52 Å². The van der Waals surface area contributed by atoms with Crippen LogP contribution in [0.4, 0.5) is 17.1 Å². The molecule has 0 atom stereocenters. The molecule has 0 bridgehead atoms. The number of rotatable bonds is 5. The first-order valence-corrected chi connectivity index (χ1v) is 10.9. The van der Waals surface area contributed by atoms with Crippen LogP contribution < -0.4 is 10.2 Å². The number of oxazole rings is 1. The standard InChI is InChI=1S/C25H22N4O5/c1-16-2-4-17(5-3-16)25-27-21-14-18(6-9-23(21)34-25)26-24(30)20-15-19(29(31)32)7-8-22(20)28-10-12-33-13-11-28/h2-9,14-15H,10-13H2,1H3,(H,26,30). The van der Waals surface area contributed by atoms with E-state index in [0.717, 1.165) is 11.1 Å². The molecule has 4 aromatic rings. The third-order valence-corrected chi connectivity index (χ3v) is 5.73. The molecule has 9 heteroatoms. The minimum atomic E-state index is -0.506. The summed E-state index contributed by atoms with van der Waals surface area (Å²) in [6, 6.07) is 17.4. The summed E-state index contributed by atoms with van der Waals surface area (Å²) in [6.45, 7) is 4.28. The molecule has 1 aliphatic heterocycles. The van der Waals surface area contributed by atoms with Crippen LogP contribution in [-0.4, -0.2) is 42.1 Å². The molecule has 34 heavy (non-hydrogen) atoms. The Morgan fingerprint density at radius 1 is 1.06 bits per heavy atom. The normalized spacial score (nSPS) is 13.7. The van der Waals surface area contributed by atoms with Crippen LogP contribution >= 0.6 is 0 Å². The van der Waals surface area contributed by atoms with Crippen LogP contribution in [0.5, 0.6) is 0 Å². The third kappa shape index (κ3) is 4.33. The second kappa shape index (κ2) is 8.95. The molecule has 9 nitrogen and oxygen atoms in total. The molecule has 3 aromatic carbocycles. The summed E-state index contributed by atoms with van der Waals surface area (Å²) >= 11 is 0. The molecule has 0 spiro atoms. The quantitative estimate of drug-likeness (QED) is 0.338. The summed E-state index contributed by atoms with van der Waals surface area (Å²) in [5, 5.41) is 14.2. The molecule has 0 saturated carbocycles. The van der Waals surface area contributed by atoms with Gasteiger partial charge < -0.3 is 19.4 Å². The van der Waals surface area contributed by atoms with Crippen LogP contribution in [0, 0.1) is 17.0 Å². The number of aryl methyl sites for hydroxylation is 1. The highest BCUT2D eigenvalue weighted by molar-refractivity contribution is 6.09. The number of carbonyl (C=O) groups is 1. The predicted molar refractivity (Wildman–Crippen MR) is 128 cm³/mol. The second-order valence-corrected chi connectivity index (χ2v) is 8.08. The van der Waals surface area contributed by atoms with E-state index in [0.29, 0.717) is 54.7 Å². The summed E-state index contributed by atoms with van der Waals surface area (Å²) in [4.78, 5) is 30.6. The maximum Gasteiger partial charge on any atom is 0.270 e. The van der Waals surface area contributed by atoms with E-state index >= 15 is 0 Å². The molecule has 1 aliphatic rings. The van der Waals surface area contributed by atoms with Crippen molar-refractivity contribution in [3.63, 3.8) is 0 Å². The Kier molecular flexibility index (Phi) is 5.69. The summed E-state index contributed by atoms with van der Waals surface area (Å²) in [5.41, 5.74) is 4.44. The fourth-order valence-corrected chi connectivity index (χ4v) is 3.92. The molecular formula is C25H22N4O5. The smallest absolute Gasteiger partial charge is 0.270 e. The monoisotopic (exact) mass is 458 g/mol. The van der Waals surface area contributed by atoms with E-state index in [1.165, 1.54) is 12.1 Å². The Morgan fingerprint density at radius 2 is 1.82 bits per heavy atom. The van der Waals surface area contributed by atoms with Gasteiger partial charge in [-0.3, -0.25) is 14.9 Å². The molecule has 0 aliphatic carbocycles. The van der Waals surface area contributed by atoms with Crippen molar-refractivity contribution in [3.05, 3.63) is 81.9 Å². The van der Waals surface area contributed by atoms with Crippen molar-refractivity contribution in [2.75, 3.05) is 36.5 Å². The van der Waals surface area contributed by atoms with Gasteiger partial charge >= 0.3 is 0 Å². The van der Waals surface area contributed by atoms with Gasteiger partial charge in [0.2, 0.25) is 5.89 Å². The topological polar surface area (TPSA) is 111 Å². The number of ether oxygens (including phenoxy) is 1. The van der Waals surface area contributed by atoms with Crippen molar-refractivity contribution in [2.24, 2.45) is 0 Å². The van der Waals surface area contributed by atoms with Crippen molar-refractivity contribution in [1.82, 2.24) is 4.98 Å². The van der Waals surface area contributed by atoms with E-state index < -0.39 is 10.8 Å². The average Bonchev–Trinajstić information content (AvgIpc) is 3.28. The number of nitrogens with zero attached hydrogens (tertiary/aromatic N) is 3. The number of nitro benzene ring substituents is 1. The first kappa shape index (κ1) is 21.6. The van der Waals surface area contributed by atoms with Crippen LogP contribution in [0.2, 0.25) is 0 Å². The van der Waals surface area contributed by atoms with Crippen molar-refractivity contribution in [1.29, 1.82) is 0 Å². The molecule has 1 amide bonds. The average molecular weight is 458 g/mol. The van der Waals surface area contributed by atoms with E-state index in [1.54, 1.807) is 24.3 Å². The van der Waals surface area contributed by atoms with Crippen LogP contribution in [0.25, 0.3) is 22.6 Å². The minimum Gasteiger partial charge on any atom is -0.436 e. The lowest BCUT2D eigenvalue weighted by Crippen LogP contribution is -2.37. The molecule has 2 heterocycles. The maximum absolute atomic E-state index is 13.2. The van der Waals surface area contributed by atoms with Crippen LogP contribution in [0.15, 0.2) is 65.1 Å². The van der Waals surface area contributed by atoms with E-state index in [1.807, 2.05) is 36.1 Å². The van der Waals surface area contributed by atoms with Gasteiger partial charge in [-0.25, -0.2) is 4.98 Å². The summed E-state index contributed by atoms with van der Waals surface area (Å²) in [5.74, 6) is 0.0542. The van der Waals surface area contributed by atoms with Crippen molar-refractivity contribution in [2.45, 2.75) is 6.92 Å². The zero-order valence-corrected chi connectivity index (χ0v) is 18.5. The third-order valence-electron chi connectivity index (χ3n) is 5.73. The van der Waals surface area contributed by atoms with Gasteiger partial charge in [-0.15, -0.1) is 0 Å². The predicted octanol–water partition coefficient (Wildman–Crippen LogP) is 4.80. The number of nitrogens with one attached hydrogen (secondary N) is 1. The lowest BCUT2D eigenvalue weighted by Gasteiger charge is -2.30. The molecular weight excluding hydrogens is 436 g/mol. The Balaban J connectivity index is 1.44. The van der Waals surface area contributed by atoms with Crippen LogP contribution in [-0.2, 0) is 4.74 Å². The maximum atomic E-state index is 13.2. The van der Waals surface area contributed by atoms with Gasteiger partial charge in [0.15, 0.2) is 5.58 Å². The highest BCUT2D eigenvalue weighted by Crippen LogP contribution is 2.29. The first-order valence-electron chi connectivity index (χ1n) is 10.9. The number of hydrogen-bond donors (Lipinski definition) is 1. The number of amides is 1. The number of hydrogen-bond acceptors (Lipinski definition) is 7. The molecule has 0 unspecified atom stereocenters. The Bertz CT molecular complexity index is 1370. The van der Waals surface area contributed by atoms with Gasteiger partial charge in [-0.2, -0.15) is 0 Å². The van der Waals surface area contributed by atoms with Gasteiger partial charge in [-0.1, -0.05) is 17.7 Å². The van der Waals surface area contributed by atoms with E-state index in [-0.39, 0.29) is 11.3 Å². The molecule has 1 N–H and O–H groups in total. The number of anilines is 2. The zero-order valence-electron chi connectivity index (χ0n) is 18.5. The molecule has 1 saturated heterocycles. The molecule has 172 valence electrons. The highest BCUT2D eigenvalue weighted by Gasteiger charge is 2.22.